The molecule has 2 amide bonds. The largest absolute Gasteiger partial charge is 0.433 e. The van der Waals surface area contributed by atoms with E-state index in [2.05, 4.69) is 6.58 Å². The lowest BCUT2D eigenvalue weighted by molar-refractivity contribution is -0.169. The first kappa shape index (κ1) is 24.0. The maximum atomic E-state index is 12.2. The fraction of sp³-hybridized carbons (Fsp3) is 0.364. The van der Waals surface area contributed by atoms with Crippen molar-refractivity contribution in [2.24, 2.45) is 0 Å². The molecule has 166 valence electrons. The number of amides is 2. The molecule has 2 rings (SSSR count). The molecule has 31 heavy (non-hydrogen) atoms. The van der Waals surface area contributed by atoms with Crippen molar-refractivity contribution in [1.29, 1.82) is 0 Å². The Balaban J connectivity index is 1.66. The van der Waals surface area contributed by atoms with Crippen LogP contribution in [0.2, 0.25) is 0 Å². The zero-order valence-corrected chi connectivity index (χ0v) is 17.4. The van der Waals surface area contributed by atoms with Crippen LogP contribution in [0.15, 0.2) is 49.1 Å². The molecule has 0 spiro atoms. The number of benzene rings is 1. The van der Waals surface area contributed by atoms with Gasteiger partial charge in [0, 0.05) is 18.2 Å². The van der Waals surface area contributed by atoms with Gasteiger partial charge in [-0.05, 0) is 51.0 Å². The van der Waals surface area contributed by atoms with Gasteiger partial charge >= 0.3 is 11.9 Å². The number of nitrogens with zero attached hydrogens (tertiary/aromatic N) is 1. The van der Waals surface area contributed by atoms with E-state index in [1.54, 1.807) is 13.8 Å². The maximum Gasteiger partial charge on any atom is 0.340 e. The summed E-state index contributed by atoms with van der Waals surface area (Å²) in [6, 6.07) is 5.94. The number of ether oxygens (including phenoxy) is 4. The molecule has 0 radical (unpaired) electrons. The van der Waals surface area contributed by atoms with Crippen molar-refractivity contribution in [3.63, 3.8) is 0 Å². The van der Waals surface area contributed by atoms with Crippen LogP contribution in [0, 0.1) is 0 Å². The van der Waals surface area contributed by atoms with Gasteiger partial charge in [-0.2, -0.15) is 0 Å². The molecule has 2 atom stereocenters. The van der Waals surface area contributed by atoms with Crippen LogP contribution >= 0.6 is 0 Å². The van der Waals surface area contributed by atoms with Gasteiger partial charge in [-0.25, -0.2) is 14.5 Å². The number of imide groups is 1. The number of esters is 2. The van der Waals surface area contributed by atoms with Crippen molar-refractivity contribution in [3.05, 3.63) is 54.6 Å². The van der Waals surface area contributed by atoms with Crippen molar-refractivity contribution >= 4 is 29.4 Å². The third-order valence-electron chi connectivity index (χ3n) is 4.14. The van der Waals surface area contributed by atoms with Gasteiger partial charge < -0.3 is 18.9 Å². The monoisotopic (exact) mass is 431 g/mol. The Kier molecular flexibility index (Phi) is 9.11. The average Bonchev–Trinajstić information content (AvgIpc) is 3.08. The van der Waals surface area contributed by atoms with Gasteiger partial charge in [0.05, 0.1) is 24.5 Å². The molecular weight excluding hydrogens is 406 g/mol. The van der Waals surface area contributed by atoms with Crippen molar-refractivity contribution in [2.45, 2.75) is 39.3 Å². The average molecular weight is 431 g/mol. The minimum absolute atomic E-state index is 0.266. The van der Waals surface area contributed by atoms with Crippen LogP contribution in [-0.2, 0) is 33.3 Å². The van der Waals surface area contributed by atoms with E-state index in [9.17, 15) is 19.2 Å². The lowest BCUT2D eigenvalue weighted by atomic mass is 10.2. The Morgan fingerprint density at radius 1 is 0.935 bits per heavy atom. The third-order valence-corrected chi connectivity index (χ3v) is 4.14. The summed E-state index contributed by atoms with van der Waals surface area (Å²) in [5.74, 6) is -1.99. The number of anilines is 1. The standard InChI is InChI=1S/C22H25NO8/c1-4-21(26)30-15(2)28-13-5-6-14-29-16(3)31-22(27)17-7-9-18(10-8-17)23-19(24)11-12-20(23)25/h4,7-12,15-16H,1,5-6,13-14H2,2-3H3. The molecule has 0 fully saturated rings. The van der Waals surface area contributed by atoms with E-state index in [1.807, 2.05) is 0 Å². The minimum Gasteiger partial charge on any atom is -0.433 e. The molecule has 1 aromatic carbocycles. The quantitative estimate of drug-likeness (QED) is 0.163. The van der Waals surface area contributed by atoms with E-state index in [4.69, 9.17) is 18.9 Å². The Morgan fingerprint density at radius 3 is 1.97 bits per heavy atom. The zero-order valence-electron chi connectivity index (χ0n) is 17.4. The lowest BCUT2D eigenvalue weighted by Crippen LogP contribution is -2.29. The van der Waals surface area contributed by atoms with E-state index in [0.717, 1.165) is 11.0 Å². The highest BCUT2D eigenvalue weighted by atomic mass is 16.7. The highest BCUT2D eigenvalue weighted by Gasteiger charge is 2.25. The summed E-state index contributed by atoms with van der Waals surface area (Å²) in [5, 5.41) is 0. The van der Waals surface area contributed by atoms with E-state index in [0.29, 0.717) is 31.7 Å². The van der Waals surface area contributed by atoms with Gasteiger partial charge in [0.1, 0.15) is 0 Å². The maximum absolute atomic E-state index is 12.2. The highest BCUT2D eigenvalue weighted by Crippen LogP contribution is 2.20. The Morgan fingerprint density at radius 2 is 1.45 bits per heavy atom. The van der Waals surface area contributed by atoms with Gasteiger partial charge in [0.25, 0.3) is 11.8 Å². The molecule has 1 aliphatic heterocycles. The van der Waals surface area contributed by atoms with Crippen molar-refractivity contribution in [3.8, 4) is 0 Å². The number of unbranched alkanes of at least 4 members (excludes halogenated alkanes) is 1. The molecule has 0 N–H and O–H groups in total. The number of rotatable bonds is 12. The first-order chi connectivity index (χ1) is 14.8. The fourth-order valence-corrected chi connectivity index (χ4v) is 2.60. The topological polar surface area (TPSA) is 108 Å². The Bertz CT molecular complexity index is 828. The number of hydrogen-bond acceptors (Lipinski definition) is 8. The van der Waals surface area contributed by atoms with Gasteiger partial charge in [-0.15, -0.1) is 0 Å². The summed E-state index contributed by atoms with van der Waals surface area (Å²) in [5.41, 5.74) is 0.638. The first-order valence-corrected chi connectivity index (χ1v) is 9.75. The molecule has 9 heteroatoms. The van der Waals surface area contributed by atoms with Gasteiger partial charge in [-0.3, -0.25) is 9.59 Å². The molecular formula is C22H25NO8. The second-order valence-electron chi connectivity index (χ2n) is 6.52. The van der Waals surface area contributed by atoms with Crippen LogP contribution in [0.25, 0.3) is 0 Å². The van der Waals surface area contributed by atoms with Gasteiger partial charge in [0.15, 0.2) is 12.6 Å². The number of carbonyl (C=O) groups excluding carboxylic acids is 4. The first-order valence-electron chi connectivity index (χ1n) is 9.75. The zero-order chi connectivity index (χ0) is 22.8. The van der Waals surface area contributed by atoms with Crippen LogP contribution in [0.5, 0.6) is 0 Å². The summed E-state index contributed by atoms with van der Waals surface area (Å²) in [6.45, 7) is 7.26. The Labute approximate surface area is 180 Å². The van der Waals surface area contributed by atoms with Crippen molar-refractivity contribution in [2.75, 3.05) is 18.1 Å². The van der Waals surface area contributed by atoms with Crippen LogP contribution in [-0.4, -0.2) is 49.5 Å². The summed E-state index contributed by atoms with van der Waals surface area (Å²) >= 11 is 0. The van der Waals surface area contributed by atoms with E-state index in [-0.39, 0.29) is 5.56 Å². The molecule has 2 unspecified atom stereocenters. The van der Waals surface area contributed by atoms with Crippen LogP contribution in [0.1, 0.15) is 37.0 Å². The van der Waals surface area contributed by atoms with Crippen molar-refractivity contribution in [1.82, 2.24) is 0 Å². The summed E-state index contributed by atoms with van der Waals surface area (Å²) < 4.78 is 20.9. The lowest BCUT2D eigenvalue weighted by Gasteiger charge is -2.16. The summed E-state index contributed by atoms with van der Waals surface area (Å²) in [7, 11) is 0. The van der Waals surface area contributed by atoms with Crippen molar-refractivity contribution < 1.29 is 38.1 Å². The third kappa shape index (κ3) is 7.47. The molecule has 9 nitrogen and oxygen atoms in total. The second kappa shape index (κ2) is 11.8. The molecule has 1 heterocycles. The van der Waals surface area contributed by atoms with Crippen LogP contribution in [0.4, 0.5) is 5.69 Å². The molecule has 0 aromatic heterocycles. The van der Waals surface area contributed by atoms with Gasteiger partial charge in [-0.1, -0.05) is 6.58 Å². The van der Waals surface area contributed by atoms with E-state index < -0.39 is 36.3 Å². The smallest absolute Gasteiger partial charge is 0.340 e. The molecule has 0 bridgehead atoms. The van der Waals surface area contributed by atoms with Crippen LogP contribution in [0.3, 0.4) is 0 Å². The summed E-state index contributed by atoms with van der Waals surface area (Å²) in [6.07, 6.45) is 3.35. The minimum atomic E-state index is -0.758. The summed E-state index contributed by atoms with van der Waals surface area (Å²) in [4.78, 5) is 47.6. The number of carbonyl (C=O) groups is 4. The SMILES string of the molecule is C=CC(=O)OC(C)OCCCCOC(C)OC(=O)c1ccc(N2C(=O)C=CC2=O)cc1. The predicted molar refractivity (Wildman–Crippen MR) is 110 cm³/mol. The molecule has 0 aliphatic carbocycles. The second-order valence-corrected chi connectivity index (χ2v) is 6.52. The fourth-order valence-electron chi connectivity index (χ4n) is 2.60. The molecule has 1 aromatic rings. The predicted octanol–water partition coefficient (Wildman–Crippen LogP) is 2.51. The molecule has 0 saturated carbocycles. The van der Waals surface area contributed by atoms with Crippen LogP contribution < -0.4 is 4.90 Å². The highest BCUT2D eigenvalue weighted by molar-refractivity contribution is 6.28. The van der Waals surface area contributed by atoms with E-state index in [1.165, 1.54) is 36.4 Å². The molecule has 1 aliphatic rings. The van der Waals surface area contributed by atoms with Gasteiger partial charge in [0.2, 0.25) is 0 Å². The number of hydrogen-bond donors (Lipinski definition) is 0. The van der Waals surface area contributed by atoms with E-state index >= 15 is 0 Å². The normalized spacial score (nSPS) is 15.0. The Hall–Kier alpha value is -3.30. The molecule has 0 saturated heterocycles.